The molecule has 0 spiro atoms. The van der Waals surface area contributed by atoms with Gasteiger partial charge < -0.3 is 14.6 Å². The van der Waals surface area contributed by atoms with E-state index in [4.69, 9.17) is 0 Å². The highest BCUT2D eigenvalue weighted by molar-refractivity contribution is 5.95. The minimum atomic E-state index is -4.70. The monoisotopic (exact) mass is 473 g/mol. The molecule has 2 aromatic carbocycles. The summed E-state index contributed by atoms with van der Waals surface area (Å²) in [6, 6.07) is 13.0. The van der Waals surface area contributed by atoms with E-state index in [9.17, 15) is 18.0 Å². The third-order valence-electron chi connectivity index (χ3n) is 5.84. The van der Waals surface area contributed by atoms with Gasteiger partial charge in [-0.15, -0.1) is 23.4 Å². The molecule has 1 aliphatic rings. The Bertz CT molecular complexity index is 1140. The van der Waals surface area contributed by atoms with Crippen LogP contribution < -0.4 is 10.1 Å². The van der Waals surface area contributed by atoms with Crippen molar-refractivity contribution in [3.05, 3.63) is 76.9 Å². The van der Waals surface area contributed by atoms with Crippen LogP contribution in [-0.2, 0) is 19.5 Å². The molecule has 0 bridgehead atoms. The topological polar surface area (TPSA) is 72.3 Å². The summed E-state index contributed by atoms with van der Waals surface area (Å²) >= 11 is 0. The Hall–Kier alpha value is -3.40. The molecule has 3 aromatic rings. The number of rotatable bonds is 6. The first-order chi connectivity index (χ1) is 16.2. The van der Waals surface area contributed by atoms with E-state index in [1.165, 1.54) is 12.1 Å². The van der Waals surface area contributed by atoms with Gasteiger partial charge in [0.25, 0.3) is 5.91 Å². The number of nitrogens with zero attached hydrogens (tertiary/aromatic N) is 4. The molecule has 34 heavy (non-hydrogen) atoms. The van der Waals surface area contributed by atoms with Crippen LogP contribution in [0.15, 0.2) is 48.5 Å². The number of hydrogen-bond acceptors (Lipinski definition) is 5. The predicted molar refractivity (Wildman–Crippen MR) is 119 cm³/mol. The second kappa shape index (κ2) is 9.84. The van der Waals surface area contributed by atoms with Crippen LogP contribution in [-0.4, -0.2) is 45.0 Å². The number of hydrogen-bond donors (Lipinski definition) is 1. The number of alkyl halides is 3. The number of nitrogens with one attached hydrogen (secondary N) is 1. The number of ether oxygens (including phenoxy) is 1. The summed E-state index contributed by atoms with van der Waals surface area (Å²) in [6.45, 7) is 6.49. The van der Waals surface area contributed by atoms with Crippen LogP contribution >= 0.6 is 0 Å². The average Bonchev–Trinajstić information content (AvgIpc) is 3.09. The second-order valence-corrected chi connectivity index (χ2v) is 8.35. The number of halogens is 3. The average molecular weight is 473 g/mol. The lowest BCUT2D eigenvalue weighted by Crippen LogP contribution is -2.30. The highest BCUT2D eigenvalue weighted by Crippen LogP contribution is 2.23. The molecular formula is C24H26F3N5O2. The van der Waals surface area contributed by atoms with E-state index >= 15 is 0 Å². The fraction of sp³-hybridized carbons (Fsp3) is 0.375. The van der Waals surface area contributed by atoms with Gasteiger partial charge in [0.2, 0.25) is 0 Å². The van der Waals surface area contributed by atoms with Crippen molar-refractivity contribution in [1.82, 2.24) is 25.0 Å². The van der Waals surface area contributed by atoms with Gasteiger partial charge in [0.1, 0.15) is 11.6 Å². The first kappa shape index (κ1) is 23.7. The Kier molecular flexibility index (Phi) is 6.87. The molecular weight excluding hydrogens is 447 g/mol. The molecule has 0 unspecified atom stereocenters. The number of aromatic nitrogens is 3. The minimum absolute atomic E-state index is 0.156. The maximum absolute atomic E-state index is 12.7. The molecule has 4 rings (SSSR count). The Labute approximate surface area is 195 Å². The van der Waals surface area contributed by atoms with Gasteiger partial charge in [0.05, 0.1) is 6.04 Å². The molecule has 0 saturated heterocycles. The molecule has 10 heteroatoms. The second-order valence-electron chi connectivity index (χ2n) is 8.35. The van der Waals surface area contributed by atoms with Crippen LogP contribution in [0.3, 0.4) is 0 Å². The number of carbonyl (C=O) groups excluding carboxylic acids is 1. The molecule has 1 atom stereocenters. The molecule has 0 saturated carbocycles. The molecule has 7 nitrogen and oxygen atoms in total. The molecule has 0 aliphatic carbocycles. The molecule has 2 heterocycles. The van der Waals surface area contributed by atoms with Gasteiger partial charge in [-0.05, 0) is 43.2 Å². The van der Waals surface area contributed by atoms with Crippen LogP contribution in [0, 0.1) is 6.92 Å². The lowest BCUT2D eigenvalue weighted by molar-refractivity contribution is -0.274. The van der Waals surface area contributed by atoms with Crippen molar-refractivity contribution in [1.29, 1.82) is 0 Å². The molecule has 0 fully saturated rings. The lowest BCUT2D eigenvalue weighted by Gasteiger charge is -2.20. The number of amides is 1. The Morgan fingerprint density at radius 3 is 2.53 bits per heavy atom. The molecule has 1 aliphatic heterocycles. The van der Waals surface area contributed by atoms with Crippen LogP contribution in [0.25, 0.3) is 0 Å². The SMILES string of the molecule is Cc1ccccc1C(=O)N[C@H](C)c1nnc2n1CCN(Cc1ccc(OC(F)(F)F)cc1)CC2. The number of carbonyl (C=O) groups is 1. The number of aryl methyl sites for hydroxylation is 1. The third-order valence-corrected chi connectivity index (χ3v) is 5.84. The van der Waals surface area contributed by atoms with Gasteiger partial charge in [-0.25, -0.2) is 0 Å². The summed E-state index contributed by atoms with van der Waals surface area (Å²) in [6.07, 6.45) is -4.02. The fourth-order valence-corrected chi connectivity index (χ4v) is 4.09. The highest BCUT2D eigenvalue weighted by atomic mass is 19.4. The summed E-state index contributed by atoms with van der Waals surface area (Å²) in [7, 11) is 0. The van der Waals surface area contributed by atoms with Gasteiger partial charge in [-0.1, -0.05) is 30.3 Å². The van der Waals surface area contributed by atoms with Gasteiger partial charge >= 0.3 is 6.36 Å². The van der Waals surface area contributed by atoms with E-state index in [0.717, 1.165) is 30.0 Å². The van der Waals surface area contributed by atoms with Crippen molar-refractivity contribution in [3.8, 4) is 5.75 Å². The van der Waals surface area contributed by atoms with Crippen LogP contribution in [0.4, 0.5) is 13.2 Å². The first-order valence-corrected chi connectivity index (χ1v) is 11.0. The fourth-order valence-electron chi connectivity index (χ4n) is 4.09. The lowest BCUT2D eigenvalue weighted by atomic mass is 10.1. The van der Waals surface area contributed by atoms with Crippen molar-refractivity contribution < 1.29 is 22.7 Å². The predicted octanol–water partition coefficient (Wildman–Crippen LogP) is 4.03. The Balaban J connectivity index is 1.37. The van der Waals surface area contributed by atoms with E-state index < -0.39 is 6.36 Å². The zero-order valence-corrected chi connectivity index (χ0v) is 19.0. The number of benzene rings is 2. The van der Waals surface area contributed by atoms with E-state index in [2.05, 4.69) is 25.2 Å². The van der Waals surface area contributed by atoms with Crippen LogP contribution in [0.2, 0.25) is 0 Å². The molecule has 1 aromatic heterocycles. The van der Waals surface area contributed by atoms with E-state index in [1.54, 1.807) is 18.2 Å². The third kappa shape index (κ3) is 5.74. The summed E-state index contributed by atoms with van der Waals surface area (Å²) in [5.74, 6) is 1.16. The van der Waals surface area contributed by atoms with Crippen LogP contribution in [0.5, 0.6) is 5.75 Å². The zero-order valence-electron chi connectivity index (χ0n) is 19.0. The molecule has 180 valence electrons. The summed E-state index contributed by atoms with van der Waals surface area (Å²) < 4.78 is 43.0. The standard InChI is InChI=1S/C24H26F3N5O2/c1-16-5-3-4-6-20(16)23(33)28-17(2)22-30-29-21-11-12-31(13-14-32(21)22)15-18-7-9-19(10-8-18)34-24(25,26)27/h3-10,17H,11-15H2,1-2H3,(H,28,33)/t17-/m1/s1. The maximum atomic E-state index is 12.7. The smallest absolute Gasteiger partial charge is 0.406 e. The normalized spacial score (nSPS) is 15.3. The largest absolute Gasteiger partial charge is 0.573 e. The van der Waals surface area contributed by atoms with Crippen molar-refractivity contribution in [3.63, 3.8) is 0 Å². The van der Waals surface area contributed by atoms with Crippen molar-refractivity contribution in [2.75, 3.05) is 13.1 Å². The Morgan fingerprint density at radius 2 is 1.82 bits per heavy atom. The quantitative estimate of drug-likeness (QED) is 0.585. The first-order valence-electron chi connectivity index (χ1n) is 11.0. The van der Waals surface area contributed by atoms with E-state index in [-0.39, 0.29) is 17.7 Å². The Morgan fingerprint density at radius 1 is 1.09 bits per heavy atom. The summed E-state index contributed by atoms with van der Waals surface area (Å²) in [4.78, 5) is 14.9. The van der Waals surface area contributed by atoms with Gasteiger partial charge in [-0.2, -0.15) is 0 Å². The molecule has 0 radical (unpaired) electrons. The maximum Gasteiger partial charge on any atom is 0.573 e. The van der Waals surface area contributed by atoms with Crippen molar-refractivity contribution in [2.45, 2.75) is 45.8 Å². The van der Waals surface area contributed by atoms with E-state index in [1.807, 2.05) is 36.6 Å². The van der Waals surface area contributed by atoms with Gasteiger partial charge in [0, 0.05) is 38.2 Å². The summed E-state index contributed by atoms with van der Waals surface area (Å²) in [5.41, 5.74) is 2.43. The van der Waals surface area contributed by atoms with Gasteiger partial charge in [-0.3, -0.25) is 9.69 Å². The number of fused-ring (bicyclic) bond motifs is 1. The molecule has 1 amide bonds. The zero-order chi connectivity index (χ0) is 24.3. The van der Waals surface area contributed by atoms with Crippen molar-refractivity contribution in [2.24, 2.45) is 0 Å². The summed E-state index contributed by atoms with van der Waals surface area (Å²) in [5, 5.41) is 11.7. The van der Waals surface area contributed by atoms with Gasteiger partial charge in [0.15, 0.2) is 5.82 Å². The van der Waals surface area contributed by atoms with Crippen LogP contribution in [0.1, 0.15) is 46.1 Å². The molecule has 1 N–H and O–H groups in total. The van der Waals surface area contributed by atoms with E-state index in [0.29, 0.717) is 30.9 Å². The highest BCUT2D eigenvalue weighted by Gasteiger charge is 2.31. The minimum Gasteiger partial charge on any atom is -0.406 e. The van der Waals surface area contributed by atoms with Crippen molar-refractivity contribution >= 4 is 5.91 Å².